The molecule has 0 fully saturated rings. The highest BCUT2D eigenvalue weighted by molar-refractivity contribution is 6.00. The van der Waals surface area contributed by atoms with E-state index >= 15 is 0 Å². The number of aromatic nitrogens is 1. The van der Waals surface area contributed by atoms with Crippen molar-refractivity contribution in [3.05, 3.63) is 47.5 Å². The zero-order valence-electron chi connectivity index (χ0n) is 13.3. The molecule has 0 aliphatic rings. The number of nitrogen functional groups attached to an aromatic ring is 1. The fourth-order valence-electron chi connectivity index (χ4n) is 2.17. The number of pyridine rings is 1. The molecule has 0 bridgehead atoms. The second kappa shape index (κ2) is 6.90. The van der Waals surface area contributed by atoms with Crippen LogP contribution in [0, 0.1) is 5.92 Å². The van der Waals surface area contributed by atoms with Crippen molar-refractivity contribution >= 4 is 11.7 Å². The van der Waals surface area contributed by atoms with E-state index in [9.17, 15) is 18.0 Å². The maximum atomic E-state index is 13.4. The highest BCUT2D eigenvalue weighted by Crippen LogP contribution is 2.36. The molecule has 2 aromatic rings. The Kier molecular flexibility index (Phi) is 5.11. The molecule has 0 saturated heterocycles. The normalized spacial score (nSPS) is 11.6. The van der Waals surface area contributed by atoms with Crippen molar-refractivity contribution in [2.75, 3.05) is 12.3 Å². The third-order valence-corrected chi connectivity index (χ3v) is 3.32. The number of anilines is 1. The summed E-state index contributed by atoms with van der Waals surface area (Å²) in [6.07, 6.45) is -4.72. The average molecular weight is 337 g/mol. The van der Waals surface area contributed by atoms with E-state index in [0.29, 0.717) is 5.56 Å². The largest absolute Gasteiger partial charge is 0.417 e. The van der Waals surface area contributed by atoms with Crippen molar-refractivity contribution in [1.29, 1.82) is 0 Å². The first-order chi connectivity index (χ1) is 11.2. The molecule has 3 N–H and O–H groups in total. The van der Waals surface area contributed by atoms with Crippen LogP contribution in [-0.4, -0.2) is 17.4 Å². The van der Waals surface area contributed by atoms with Gasteiger partial charge >= 0.3 is 6.18 Å². The van der Waals surface area contributed by atoms with E-state index in [1.165, 1.54) is 0 Å². The lowest BCUT2D eigenvalue weighted by atomic mass is 10.0. The minimum absolute atomic E-state index is 0.0702. The molecule has 7 heteroatoms. The van der Waals surface area contributed by atoms with Crippen LogP contribution in [0.2, 0.25) is 0 Å². The molecule has 0 unspecified atom stereocenters. The van der Waals surface area contributed by atoms with E-state index in [2.05, 4.69) is 10.3 Å². The molecule has 0 atom stereocenters. The summed E-state index contributed by atoms with van der Waals surface area (Å²) >= 11 is 0. The number of benzene rings is 1. The Balaban J connectivity index is 2.53. The van der Waals surface area contributed by atoms with E-state index < -0.39 is 29.0 Å². The number of carbonyl (C=O) groups excluding carboxylic acids is 1. The van der Waals surface area contributed by atoms with Gasteiger partial charge in [0.1, 0.15) is 5.82 Å². The number of alkyl halides is 3. The van der Waals surface area contributed by atoms with E-state index in [1.807, 2.05) is 13.8 Å². The molecular weight excluding hydrogens is 319 g/mol. The number of nitrogens with one attached hydrogen (secondary N) is 1. The first kappa shape index (κ1) is 17.8. The first-order valence-electron chi connectivity index (χ1n) is 7.41. The monoisotopic (exact) mass is 337 g/mol. The van der Waals surface area contributed by atoms with Crippen LogP contribution in [0.3, 0.4) is 0 Å². The van der Waals surface area contributed by atoms with Gasteiger partial charge in [-0.05, 0) is 12.0 Å². The Hall–Kier alpha value is -2.57. The van der Waals surface area contributed by atoms with Crippen LogP contribution in [0.1, 0.15) is 29.8 Å². The molecule has 128 valence electrons. The van der Waals surface area contributed by atoms with Crippen molar-refractivity contribution < 1.29 is 18.0 Å². The average Bonchev–Trinajstić information content (AvgIpc) is 2.51. The predicted octanol–water partition coefficient (Wildman–Crippen LogP) is 3.74. The van der Waals surface area contributed by atoms with Crippen molar-refractivity contribution in [1.82, 2.24) is 10.3 Å². The van der Waals surface area contributed by atoms with Crippen molar-refractivity contribution in [3.8, 4) is 11.3 Å². The molecule has 0 aliphatic carbocycles. The smallest absolute Gasteiger partial charge is 0.383 e. The molecular formula is C17H18F3N3O. The molecule has 0 spiro atoms. The van der Waals surface area contributed by atoms with Gasteiger partial charge in [-0.1, -0.05) is 44.2 Å². The lowest BCUT2D eigenvalue weighted by Gasteiger charge is -2.17. The SMILES string of the molecule is CC(C)CNC(=O)c1c(C(F)(F)F)cc(-c2ccccc2)nc1N. The fourth-order valence-corrected chi connectivity index (χ4v) is 2.17. The van der Waals surface area contributed by atoms with Crippen LogP contribution in [0.25, 0.3) is 11.3 Å². The molecule has 1 aromatic carbocycles. The number of hydrogen-bond donors (Lipinski definition) is 2. The summed E-state index contributed by atoms with van der Waals surface area (Å²) in [5.74, 6) is -1.22. The Bertz CT molecular complexity index is 728. The zero-order chi connectivity index (χ0) is 17.9. The van der Waals surface area contributed by atoms with E-state index in [-0.39, 0.29) is 18.2 Å². The molecule has 4 nitrogen and oxygen atoms in total. The summed E-state index contributed by atoms with van der Waals surface area (Å²) in [6, 6.07) is 9.22. The molecule has 0 saturated carbocycles. The van der Waals surface area contributed by atoms with Crippen LogP contribution in [0.5, 0.6) is 0 Å². The van der Waals surface area contributed by atoms with Gasteiger partial charge in [-0.3, -0.25) is 4.79 Å². The Morgan fingerprint density at radius 2 is 1.88 bits per heavy atom. The number of hydrogen-bond acceptors (Lipinski definition) is 3. The quantitative estimate of drug-likeness (QED) is 0.893. The Morgan fingerprint density at radius 1 is 1.25 bits per heavy atom. The van der Waals surface area contributed by atoms with Gasteiger partial charge in [-0.2, -0.15) is 13.2 Å². The van der Waals surface area contributed by atoms with Crippen LogP contribution in [0.4, 0.5) is 19.0 Å². The van der Waals surface area contributed by atoms with Crippen molar-refractivity contribution in [3.63, 3.8) is 0 Å². The minimum atomic E-state index is -4.72. The number of rotatable bonds is 4. The van der Waals surface area contributed by atoms with Gasteiger partial charge in [0.05, 0.1) is 16.8 Å². The Morgan fingerprint density at radius 3 is 2.42 bits per heavy atom. The first-order valence-corrected chi connectivity index (χ1v) is 7.41. The second-order valence-electron chi connectivity index (χ2n) is 5.78. The number of nitrogens with two attached hydrogens (primary N) is 1. The summed E-state index contributed by atoms with van der Waals surface area (Å²) in [6.45, 7) is 3.92. The molecule has 1 heterocycles. The maximum absolute atomic E-state index is 13.4. The molecule has 24 heavy (non-hydrogen) atoms. The highest BCUT2D eigenvalue weighted by Gasteiger charge is 2.37. The van der Waals surface area contributed by atoms with Crippen LogP contribution >= 0.6 is 0 Å². The van der Waals surface area contributed by atoms with Gasteiger partial charge < -0.3 is 11.1 Å². The van der Waals surface area contributed by atoms with Crippen molar-refractivity contribution in [2.24, 2.45) is 5.92 Å². The van der Waals surface area contributed by atoms with Crippen LogP contribution in [0.15, 0.2) is 36.4 Å². The topological polar surface area (TPSA) is 68.0 Å². The number of carbonyl (C=O) groups is 1. The van der Waals surface area contributed by atoms with Crippen LogP contribution < -0.4 is 11.1 Å². The standard InChI is InChI=1S/C17H18F3N3O/c1-10(2)9-22-16(24)14-12(17(18,19)20)8-13(23-15(14)21)11-6-4-3-5-7-11/h3-8,10H,9H2,1-2H3,(H2,21,23)(H,22,24). The highest BCUT2D eigenvalue weighted by atomic mass is 19.4. The lowest BCUT2D eigenvalue weighted by molar-refractivity contribution is -0.137. The van der Waals surface area contributed by atoms with Gasteiger partial charge in [0.2, 0.25) is 0 Å². The molecule has 1 amide bonds. The van der Waals surface area contributed by atoms with E-state index in [0.717, 1.165) is 6.07 Å². The number of halogens is 3. The third kappa shape index (κ3) is 4.04. The van der Waals surface area contributed by atoms with Gasteiger partial charge in [0.15, 0.2) is 0 Å². The summed E-state index contributed by atoms with van der Waals surface area (Å²) in [5.41, 5.74) is 4.53. The van der Waals surface area contributed by atoms with Gasteiger partial charge in [0, 0.05) is 12.1 Å². The summed E-state index contributed by atoms with van der Waals surface area (Å²) in [7, 11) is 0. The molecule has 0 radical (unpaired) electrons. The van der Waals surface area contributed by atoms with Gasteiger partial charge in [0.25, 0.3) is 5.91 Å². The molecule has 2 rings (SSSR count). The number of nitrogens with zero attached hydrogens (tertiary/aromatic N) is 1. The summed E-state index contributed by atoms with van der Waals surface area (Å²) < 4.78 is 40.3. The second-order valence-corrected chi connectivity index (χ2v) is 5.78. The summed E-state index contributed by atoms with van der Waals surface area (Å²) in [5, 5.41) is 2.45. The van der Waals surface area contributed by atoms with E-state index in [1.54, 1.807) is 30.3 Å². The zero-order valence-corrected chi connectivity index (χ0v) is 13.3. The van der Waals surface area contributed by atoms with Gasteiger partial charge in [-0.15, -0.1) is 0 Å². The lowest BCUT2D eigenvalue weighted by Crippen LogP contribution is -2.30. The fraction of sp³-hybridized carbons (Fsp3) is 0.294. The van der Waals surface area contributed by atoms with Gasteiger partial charge in [-0.25, -0.2) is 4.98 Å². The van der Waals surface area contributed by atoms with Crippen LogP contribution in [-0.2, 0) is 6.18 Å². The van der Waals surface area contributed by atoms with Crippen molar-refractivity contribution in [2.45, 2.75) is 20.0 Å². The molecule has 1 aromatic heterocycles. The summed E-state index contributed by atoms with van der Waals surface area (Å²) in [4.78, 5) is 16.1. The number of amides is 1. The Labute approximate surface area is 137 Å². The molecule has 0 aliphatic heterocycles. The third-order valence-electron chi connectivity index (χ3n) is 3.32. The minimum Gasteiger partial charge on any atom is -0.383 e. The van der Waals surface area contributed by atoms with E-state index in [4.69, 9.17) is 5.73 Å². The predicted molar refractivity (Wildman–Crippen MR) is 86.3 cm³/mol. The maximum Gasteiger partial charge on any atom is 0.417 e.